The molecule has 2 heteroatoms. The van der Waals surface area contributed by atoms with E-state index >= 15 is 0 Å². The van der Waals surface area contributed by atoms with Gasteiger partial charge in [0, 0.05) is 11.4 Å². The summed E-state index contributed by atoms with van der Waals surface area (Å²) in [6.45, 7) is 3.09. The zero-order valence-electron chi connectivity index (χ0n) is 5.06. The number of hydrogen-bond acceptors (Lipinski definition) is 1. The van der Waals surface area contributed by atoms with Gasteiger partial charge < -0.3 is 4.74 Å². The summed E-state index contributed by atoms with van der Waals surface area (Å²) in [5.74, 6) is 0. The molecule has 1 aliphatic heterocycles. The summed E-state index contributed by atoms with van der Waals surface area (Å²) in [5.41, 5.74) is 0. The Bertz CT molecular complexity index is 66.9. The number of rotatable bonds is 1. The van der Waals surface area contributed by atoms with E-state index in [1.54, 1.807) is 0 Å². The van der Waals surface area contributed by atoms with Crippen molar-refractivity contribution in [3.8, 4) is 0 Å². The molecule has 0 amide bonds. The maximum atomic E-state index is 5.37. The van der Waals surface area contributed by atoms with Crippen LogP contribution >= 0.6 is 15.9 Å². The van der Waals surface area contributed by atoms with Gasteiger partial charge in [-0.1, -0.05) is 22.9 Å². The van der Waals surface area contributed by atoms with Crippen LogP contribution in [-0.4, -0.2) is 17.5 Å². The summed E-state index contributed by atoms with van der Waals surface area (Å²) in [6.07, 6.45) is 2.95. The fraction of sp³-hybridized carbons (Fsp3) is 1.00. The lowest BCUT2D eigenvalue weighted by Gasteiger charge is -2.09. The Hall–Kier alpha value is 0.440. The summed E-state index contributed by atoms with van der Waals surface area (Å²) in [7, 11) is 0. The van der Waals surface area contributed by atoms with Gasteiger partial charge in [-0.05, 0) is 12.8 Å². The first kappa shape index (κ1) is 6.56. The average Bonchev–Trinajstić information content (AvgIpc) is 2.12. The highest BCUT2D eigenvalue weighted by Gasteiger charge is 2.19. The molecule has 1 fully saturated rings. The highest BCUT2D eigenvalue weighted by Crippen LogP contribution is 2.19. The molecule has 0 radical (unpaired) electrons. The Morgan fingerprint density at radius 3 is 2.75 bits per heavy atom. The van der Waals surface area contributed by atoms with Gasteiger partial charge in [0.2, 0.25) is 0 Å². The van der Waals surface area contributed by atoms with Crippen LogP contribution in [0.15, 0.2) is 0 Å². The Morgan fingerprint density at radius 1 is 1.75 bits per heavy atom. The fourth-order valence-corrected chi connectivity index (χ4v) is 1.38. The maximum absolute atomic E-state index is 5.37. The fourth-order valence-electron chi connectivity index (χ4n) is 0.965. The minimum Gasteiger partial charge on any atom is -0.377 e. The first-order valence-electron chi connectivity index (χ1n) is 3.06. The van der Waals surface area contributed by atoms with Gasteiger partial charge >= 0.3 is 0 Å². The molecule has 0 aromatic carbocycles. The lowest BCUT2D eigenvalue weighted by molar-refractivity contribution is 0.113. The average molecular weight is 179 g/mol. The number of ether oxygens (including phenoxy) is 1. The predicted octanol–water partition coefficient (Wildman–Crippen LogP) is 1.95. The standard InChI is InChI=1S/C6H11BrO/c1-5(7)6-3-2-4-8-6/h5-6H,2-4H2,1H3. The van der Waals surface area contributed by atoms with Crippen molar-refractivity contribution < 1.29 is 4.74 Å². The molecule has 1 nitrogen and oxygen atoms in total. The van der Waals surface area contributed by atoms with Gasteiger partial charge in [-0.3, -0.25) is 0 Å². The molecule has 0 spiro atoms. The van der Waals surface area contributed by atoms with Gasteiger partial charge in [0.25, 0.3) is 0 Å². The molecule has 0 aliphatic carbocycles. The van der Waals surface area contributed by atoms with Crippen LogP contribution in [0.4, 0.5) is 0 Å². The SMILES string of the molecule is CC(Br)C1CCCO1. The molecule has 1 heterocycles. The van der Waals surface area contributed by atoms with E-state index in [4.69, 9.17) is 4.74 Å². The third-order valence-corrected chi connectivity index (χ3v) is 2.07. The Morgan fingerprint density at radius 2 is 2.50 bits per heavy atom. The van der Waals surface area contributed by atoms with Gasteiger partial charge in [0.15, 0.2) is 0 Å². The van der Waals surface area contributed by atoms with E-state index in [9.17, 15) is 0 Å². The van der Waals surface area contributed by atoms with Gasteiger partial charge in [-0.2, -0.15) is 0 Å². The van der Waals surface area contributed by atoms with Crippen molar-refractivity contribution in [2.75, 3.05) is 6.61 Å². The van der Waals surface area contributed by atoms with Crippen LogP contribution < -0.4 is 0 Å². The van der Waals surface area contributed by atoms with E-state index in [2.05, 4.69) is 22.9 Å². The van der Waals surface area contributed by atoms with Crippen molar-refractivity contribution in [1.29, 1.82) is 0 Å². The van der Waals surface area contributed by atoms with Gasteiger partial charge in [-0.15, -0.1) is 0 Å². The lowest BCUT2D eigenvalue weighted by atomic mass is 10.2. The third-order valence-electron chi connectivity index (χ3n) is 1.48. The highest BCUT2D eigenvalue weighted by molar-refractivity contribution is 9.09. The molecule has 0 bridgehead atoms. The topological polar surface area (TPSA) is 9.23 Å². The predicted molar refractivity (Wildman–Crippen MR) is 37.4 cm³/mol. The van der Waals surface area contributed by atoms with Crippen LogP contribution in [0.5, 0.6) is 0 Å². The molecule has 0 aromatic rings. The molecular weight excluding hydrogens is 168 g/mol. The molecule has 8 heavy (non-hydrogen) atoms. The molecule has 0 N–H and O–H groups in total. The van der Waals surface area contributed by atoms with Crippen LogP contribution in [0.2, 0.25) is 0 Å². The largest absolute Gasteiger partial charge is 0.377 e. The van der Waals surface area contributed by atoms with Crippen molar-refractivity contribution >= 4 is 15.9 Å². The first-order valence-corrected chi connectivity index (χ1v) is 3.98. The van der Waals surface area contributed by atoms with E-state index in [0.717, 1.165) is 6.61 Å². The molecule has 0 saturated carbocycles. The third kappa shape index (κ3) is 1.46. The van der Waals surface area contributed by atoms with E-state index in [1.165, 1.54) is 12.8 Å². The van der Waals surface area contributed by atoms with Crippen LogP contribution in [-0.2, 0) is 4.74 Å². The number of halogens is 1. The molecule has 1 rings (SSSR count). The van der Waals surface area contributed by atoms with Crippen LogP contribution in [0, 0.1) is 0 Å². The van der Waals surface area contributed by atoms with E-state index in [1.807, 2.05) is 0 Å². The lowest BCUT2D eigenvalue weighted by Crippen LogP contribution is -2.15. The van der Waals surface area contributed by atoms with Gasteiger partial charge in [-0.25, -0.2) is 0 Å². The zero-order chi connectivity index (χ0) is 5.98. The second-order valence-electron chi connectivity index (χ2n) is 2.23. The molecular formula is C6H11BrO. The van der Waals surface area contributed by atoms with Crippen molar-refractivity contribution in [3.63, 3.8) is 0 Å². The molecule has 0 aromatic heterocycles. The van der Waals surface area contributed by atoms with Gasteiger partial charge in [0.1, 0.15) is 0 Å². The first-order chi connectivity index (χ1) is 3.80. The highest BCUT2D eigenvalue weighted by atomic mass is 79.9. The second kappa shape index (κ2) is 2.83. The Labute approximate surface area is 58.5 Å². The molecule has 1 saturated heterocycles. The van der Waals surface area contributed by atoms with Crippen LogP contribution in [0.1, 0.15) is 19.8 Å². The minimum absolute atomic E-state index is 0.481. The Kier molecular flexibility index (Phi) is 2.32. The minimum atomic E-state index is 0.481. The van der Waals surface area contributed by atoms with Crippen molar-refractivity contribution in [2.45, 2.75) is 30.7 Å². The van der Waals surface area contributed by atoms with E-state index in [-0.39, 0.29) is 0 Å². The van der Waals surface area contributed by atoms with Crippen LogP contribution in [0.3, 0.4) is 0 Å². The number of hydrogen-bond donors (Lipinski definition) is 0. The Balaban J connectivity index is 2.24. The number of alkyl halides is 1. The molecule has 2 unspecified atom stereocenters. The molecule has 48 valence electrons. The smallest absolute Gasteiger partial charge is 0.0698 e. The van der Waals surface area contributed by atoms with Crippen molar-refractivity contribution in [3.05, 3.63) is 0 Å². The molecule has 1 aliphatic rings. The summed E-state index contributed by atoms with van der Waals surface area (Å²) in [5, 5.41) is 0. The molecule has 2 atom stereocenters. The van der Waals surface area contributed by atoms with E-state index in [0.29, 0.717) is 10.9 Å². The van der Waals surface area contributed by atoms with E-state index < -0.39 is 0 Å². The van der Waals surface area contributed by atoms with Crippen molar-refractivity contribution in [1.82, 2.24) is 0 Å². The summed E-state index contributed by atoms with van der Waals surface area (Å²) >= 11 is 3.48. The summed E-state index contributed by atoms with van der Waals surface area (Å²) in [4.78, 5) is 0.532. The van der Waals surface area contributed by atoms with Crippen LogP contribution in [0.25, 0.3) is 0 Å². The maximum Gasteiger partial charge on any atom is 0.0698 e. The zero-order valence-corrected chi connectivity index (χ0v) is 6.65. The summed E-state index contributed by atoms with van der Waals surface area (Å²) < 4.78 is 5.37. The monoisotopic (exact) mass is 178 g/mol. The van der Waals surface area contributed by atoms with Gasteiger partial charge in [0.05, 0.1) is 6.10 Å². The quantitative estimate of drug-likeness (QED) is 0.559. The summed E-state index contributed by atoms with van der Waals surface area (Å²) in [6, 6.07) is 0. The second-order valence-corrected chi connectivity index (χ2v) is 3.67. The van der Waals surface area contributed by atoms with Crippen molar-refractivity contribution in [2.24, 2.45) is 0 Å². The normalized spacial score (nSPS) is 33.0.